The molecule has 1 aromatic rings. The maximum atomic E-state index is 12.2. The van der Waals surface area contributed by atoms with E-state index in [9.17, 15) is 4.79 Å². The van der Waals surface area contributed by atoms with E-state index in [1.54, 1.807) is 0 Å². The molecule has 1 heterocycles. The van der Waals surface area contributed by atoms with Crippen LogP contribution in [0.15, 0.2) is 18.2 Å². The molecule has 1 amide bonds. The van der Waals surface area contributed by atoms with E-state index < -0.39 is 5.54 Å². The smallest absolute Gasteiger partial charge is 0.244 e. The fraction of sp³-hybridized carbons (Fsp3) is 0.500. The molecule has 1 aliphatic heterocycles. The summed E-state index contributed by atoms with van der Waals surface area (Å²) in [6, 6.07) is 5.95. The maximum absolute atomic E-state index is 12.2. The third-order valence-electron chi connectivity index (χ3n) is 3.47. The largest absolute Gasteiger partial charge is 0.381 e. The fourth-order valence-electron chi connectivity index (χ4n) is 2.16. The third-order valence-corrected chi connectivity index (χ3v) is 3.47. The summed E-state index contributed by atoms with van der Waals surface area (Å²) < 4.78 is 5.24. The molecule has 1 fully saturated rings. The monoisotopic (exact) mass is 284 g/mol. The lowest BCUT2D eigenvalue weighted by molar-refractivity contribution is -0.124. The van der Waals surface area contributed by atoms with Gasteiger partial charge in [-0.05, 0) is 38.3 Å². The van der Waals surface area contributed by atoms with E-state index in [0.29, 0.717) is 26.1 Å². The molecule has 1 aliphatic rings. The number of hydrogen-bond acceptors (Lipinski definition) is 3. The standard InChI is InChI=1S/C14H20N2O2.ClH/c1-10-3-4-12(11(2)9-10)16-13(17)14(15)5-7-18-8-6-14;/h3-4,9H,5-8,15H2,1-2H3,(H,16,17);1H. The summed E-state index contributed by atoms with van der Waals surface area (Å²) >= 11 is 0. The quantitative estimate of drug-likeness (QED) is 0.875. The number of carbonyl (C=O) groups is 1. The minimum absolute atomic E-state index is 0. The Bertz CT molecular complexity index is 457. The fourth-order valence-corrected chi connectivity index (χ4v) is 2.16. The highest BCUT2D eigenvalue weighted by Gasteiger charge is 2.36. The van der Waals surface area contributed by atoms with Crippen LogP contribution in [0, 0.1) is 13.8 Å². The summed E-state index contributed by atoms with van der Waals surface area (Å²) in [4.78, 5) is 12.2. The van der Waals surface area contributed by atoms with Gasteiger partial charge in [0.1, 0.15) is 5.54 Å². The molecule has 0 bridgehead atoms. The minimum atomic E-state index is -0.796. The van der Waals surface area contributed by atoms with Crippen molar-refractivity contribution in [2.45, 2.75) is 32.2 Å². The molecule has 3 N–H and O–H groups in total. The molecule has 0 aliphatic carbocycles. The minimum Gasteiger partial charge on any atom is -0.381 e. The zero-order valence-electron chi connectivity index (χ0n) is 11.4. The number of aryl methyl sites for hydroxylation is 2. The van der Waals surface area contributed by atoms with Gasteiger partial charge in [0.05, 0.1) is 0 Å². The lowest BCUT2D eigenvalue weighted by Crippen LogP contribution is -2.54. The lowest BCUT2D eigenvalue weighted by Gasteiger charge is -2.32. The molecular weight excluding hydrogens is 264 g/mol. The Hall–Kier alpha value is -1.10. The van der Waals surface area contributed by atoms with Crippen LogP contribution >= 0.6 is 12.4 Å². The lowest BCUT2D eigenvalue weighted by atomic mass is 9.90. The van der Waals surface area contributed by atoms with Gasteiger partial charge in [-0.1, -0.05) is 17.7 Å². The molecule has 1 saturated heterocycles. The van der Waals surface area contributed by atoms with E-state index >= 15 is 0 Å². The highest BCUT2D eigenvalue weighted by atomic mass is 35.5. The van der Waals surface area contributed by atoms with Gasteiger partial charge in [0, 0.05) is 18.9 Å². The number of halogens is 1. The molecule has 5 heteroatoms. The third kappa shape index (κ3) is 3.69. The van der Waals surface area contributed by atoms with Gasteiger partial charge in [-0.2, -0.15) is 0 Å². The molecule has 0 atom stereocenters. The van der Waals surface area contributed by atoms with E-state index in [1.807, 2.05) is 32.0 Å². The molecule has 0 radical (unpaired) electrons. The molecule has 4 nitrogen and oxygen atoms in total. The van der Waals surface area contributed by atoms with Crippen molar-refractivity contribution < 1.29 is 9.53 Å². The predicted octanol–water partition coefficient (Wildman–Crippen LogP) is 2.17. The van der Waals surface area contributed by atoms with Crippen LogP contribution in [0.2, 0.25) is 0 Å². The van der Waals surface area contributed by atoms with Crippen molar-refractivity contribution >= 4 is 24.0 Å². The number of ether oxygens (including phenoxy) is 1. The number of rotatable bonds is 2. The first kappa shape index (κ1) is 16.0. The number of nitrogens with one attached hydrogen (secondary N) is 1. The number of benzene rings is 1. The zero-order chi connectivity index (χ0) is 13.2. The summed E-state index contributed by atoms with van der Waals surface area (Å²) in [5, 5.41) is 2.93. The van der Waals surface area contributed by atoms with Crippen molar-refractivity contribution in [2.75, 3.05) is 18.5 Å². The van der Waals surface area contributed by atoms with Crippen LogP contribution in [-0.4, -0.2) is 24.7 Å². The molecule has 2 rings (SSSR count). The maximum Gasteiger partial charge on any atom is 0.244 e. The van der Waals surface area contributed by atoms with E-state index in [2.05, 4.69) is 5.32 Å². The number of carbonyl (C=O) groups excluding carboxylic acids is 1. The van der Waals surface area contributed by atoms with Crippen molar-refractivity contribution in [3.63, 3.8) is 0 Å². The molecule has 0 spiro atoms. The van der Waals surface area contributed by atoms with E-state index in [-0.39, 0.29) is 18.3 Å². The van der Waals surface area contributed by atoms with Crippen LogP contribution in [0.4, 0.5) is 5.69 Å². The van der Waals surface area contributed by atoms with Crippen LogP contribution < -0.4 is 11.1 Å². The zero-order valence-corrected chi connectivity index (χ0v) is 12.2. The average molecular weight is 285 g/mol. The number of hydrogen-bond donors (Lipinski definition) is 2. The summed E-state index contributed by atoms with van der Waals surface area (Å²) in [6.07, 6.45) is 1.15. The second-order valence-corrected chi connectivity index (χ2v) is 5.04. The molecule has 19 heavy (non-hydrogen) atoms. The number of amides is 1. The van der Waals surface area contributed by atoms with Crippen LogP contribution in [0.25, 0.3) is 0 Å². The van der Waals surface area contributed by atoms with Gasteiger partial charge in [0.25, 0.3) is 0 Å². The van der Waals surface area contributed by atoms with Gasteiger partial charge >= 0.3 is 0 Å². The highest BCUT2D eigenvalue weighted by molar-refractivity contribution is 5.98. The van der Waals surface area contributed by atoms with Gasteiger partial charge in [0.2, 0.25) is 5.91 Å². The Labute approximate surface area is 120 Å². The summed E-state index contributed by atoms with van der Waals surface area (Å²) in [5.74, 6) is -0.113. The second-order valence-electron chi connectivity index (χ2n) is 5.04. The van der Waals surface area contributed by atoms with Gasteiger partial charge in [-0.3, -0.25) is 4.79 Å². The summed E-state index contributed by atoms with van der Waals surface area (Å²) in [7, 11) is 0. The van der Waals surface area contributed by atoms with Gasteiger partial charge in [-0.15, -0.1) is 12.4 Å². The summed E-state index contributed by atoms with van der Waals surface area (Å²) in [5.41, 5.74) is 8.41. The van der Waals surface area contributed by atoms with Crippen molar-refractivity contribution in [1.82, 2.24) is 0 Å². The SMILES string of the molecule is Cc1ccc(NC(=O)C2(N)CCOCC2)c(C)c1.Cl. The molecular formula is C14H21ClN2O2. The number of nitrogens with two attached hydrogens (primary N) is 1. The Kier molecular flexibility index (Phi) is 5.35. The first-order chi connectivity index (χ1) is 8.51. The van der Waals surface area contributed by atoms with Crippen LogP contribution in [0.3, 0.4) is 0 Å². The number of anilines is 1. The second kappa shape index (κ2) is 6.37. The molecule has 0 unspecified atom stereocenters. The Balaban J connectivity index is 0.00000180. The Morgan fingerprint density at radius 2 is 1.95 bits per heavy atom. The van der Waals surface area contributed by atoms with Crippen molar-refractivity contribution in [3.05, 3.63) is 29.3 Å². The van der Waals surface area contributed by atoms with Crippen LogP contribution in [0.5, 0.6) is 0 Å². The molecule has 1 aromatic carbocycles. The molecule has 106 valence electrons. The molecule has 0 aromatic heterocycles. The van der Waals surface area contributed by atoms with Crippen molar-refractivity contribution in [2.24, 2.45) is 5.73 Å². The summed E-state index contributed by atoms with van der Waals surface area (Å²) in [6.45, 7) is 5.12. The topological polar surface area (TPSA) is 64.4 Å². The molecule has 0 saturated carbocycles. The van der Waals surface area contributed by atoms with Gasteiger partial charge < -0.3 is 15.8 Å². The first-order valence-electron chi connectivity index (χ1n) is 6.27. The van der Waals surface area contributed by atoms with Crippen LogP contribution in [0.1, 0.15) is 24.0 Å². The normalized spacial score (nSPS) is 17.4. The van der Waals surface area contributed by atoms with E-state index in [0.717, 1.165) is 11.3 Å². The average Bonchev–Trinajstić information content (AvgIpc) is 2.33. The van der Waals surface area contributed by atoms with Gasteiger partial charge in [0.15, 0.2) is 0 Å². The van der Waals surface area contributed by atoms with Crippen molar-refractivity contribution in [1.29, 1.82) is 0 Å². The Morgan fingerprint density at radius 3 is 2.53 bits per heavy atom. The predicted molar refractivity (Wildman–Crippen MR) is 78.8 cm³/mol. The van der Waals surface area contributed by atoms with E-state index in [1.165, 1.54) is 5.56 Å². The van der Waals surface area contributed by atoms with E-state index in [4.69, 9.17) is 10.5 Å². The Morgan fingerprint density at radius 1 is 1.32 bits per heavy atom. The van der Waals surface area contributed by atoms with Crippen molar-refractivity contribution in [3.8, 4) is 0 Å². The van der Waals surface area contributed by atoms with Crippen LogP contribution in [-0.2, 0) is 9.53 Å². The highest BCUT2D eigenvalue weighted by Crippen LogP contribution is 2.22. The first-order valence-corrected chi connectivity index (χ1v) is 6.27. The van der Waals surface area contributed by atoms with Gasteiger partial charge in [-0.25, -0.2) is 0 Å².